The summed E-state index contributed by atoms with van der Waals surface area (Å²) in [6, 6.07) is 7.42. The van der Waals surface area contributed by atoms with Crippen molar-refractivity contribution >= 4 is 5.97 Å². The quantitative estimate of drug-likeness (QED) is 0.694. The Morgan fingerprint density at radius 1 is 1.40 bits per heavy atom. The molecule has 0 unspecified atom stereocenters. The minimum absolute atomic E-state index is 0.265. The zero-order valence-corrected chi connectivity index (χ0v) is 8.95. The second-order valence-corrected chi connectivity index (χ2v) is 4.15. The first-order chi connectivity index (χ1) is 7.11. The van der Waals surface area contributed by atoms with Crippen molar-refractivity contribution in [1.29, 1.82) is 0 Å². The van der Waals surface area contributed by atoms with Gasteiger partial charge in [0.1, 0.15) is 0 Å². The van der Waals surface area contributed by atoms with Crippen LogP contribution in [-0.4, -0.2) is 24.8 Å². The molecule has 3 heteroatoms. The molecule has 1 aromatic rings. The van der Waals surface area contributed by atoms with E-state index in [0.29, 0.717) is 18.8 Å². The molecular weight excluding hydrogens is 192 g/mol. The summed E-state index contributed by atoms with van der Waals surface area (Å²) in [5.74, 6) is -0.265. The minimum atomic E-state index is -0.431. The normalized spacial score (nSPS) is 18.0. The predicted molar refractivity (Wildman–Crippen MR) is 55.8 cm³/mol. The highest BCUT2D eigenvalue weighted by atomic mass is 16.6. The third kappa shape index (κ3) is 2.02. The number of carbonyl (C=O) groups is 1. The van der Waals surface area contributed by atoms with Crippen LogP contribution in [0.4, 0.5) is 0 Å². The Hall–Kier alpha value is -1.35. The van der Waals surface area contributed by atoms with E-state index in [2.05, 4.69) is 0 Å². The predicted octanol–water partition coefficient (Wildman–Crippen LogP) is 1.94. The molecule has 0 bridgehead atoms. The fraction of sp³-hybridized carbons (Fsp3) is 0.417. The Labute approximate surface area is 89.0 Å². The van der Waals surface area contributed by atoms with E-state index in [1.807, 2.05) is 32.0 Å². The summed E-state index contributed by atoms with van der Waals surface area (Å²) in [6.07, 6.45) is 0. The number of benzene rings is 1. The van der Waals surface area contributed by atoms with Crippen LogP contribution < -0.4 is 0 Å². The molecule has 3 nitrogen and oxygen atoms in total. The number of hydrogen-bond donors (Lipinski definition) is 0. The summed E-state index contributed by atoms with van der Waals surface area (Å²) in [5.41, 5.74) is 1.14. The summed E-state index contributed by atoms with van der Waals surface area (Å²) >= 11 is 0. The van der Waals surface area contributed by atoms with E-state index in [9.17, 15) is 4.79 Å². The van der Waals surface area contributed by atoms with Crippen LogP contribution in [0.1, 0.15) is 22.8 Å². The molecular formula is C12H14O3. The fourth-order valence-electron chi connectivity index (χ4n) is 1.53. The Morgan fingerprint density at radius 2 is 2.07 bits per heavy atom. The summed E-state index contributed by atoms with van der Waals surface area (Å²) in [7, 11) is 0. The van der Waals surface area contributed by atoms with Crippen LogP contribution in [0.3, 0.4) is 0 Å². The van der Waals surface area contributed by atoms with Crippen molar-refractivity contribution in [2.75, 3.05) is 13.2 Å². The maximum absolute atomic E-state index is 11.8. The maximum Gasteiger partial charge on any atom is 0.339 e. The molecule has 0 saturated carbocycles. The summed E-state index contributed by atoms with van der Waals surface area (Å²) in [6.45, 7) is 4.76. The molecule has 2 rings (SSSR count). The second kappa shape index (κ2) is 3.66. The largest absolute Gasteiger partial charge is 0.451 e. The van der Waals surface area contributed by atoms with Gasteiger partial charge in [-0.3, -0.25) is 0 Å². The Morgan fingerprint density at radius 3 is 2.60 bits per heavy atom. The average molecular weight is 206 g/mol. The standard InChI is InChI=1S/C12H14O3/c1-9-5-3-4-6-10(9)11(13)15-12(2)7-14-8-12/h3-6H,7-8H2,1-2H3. The minimum Gasteiger partial charge on any atom is -0.451 e. The molecule has 1 aliphatic rings. The van der Waals surface area contributed by atoms with Gasteiger partial charge in [-0.2, -0.15) is 0 Å². The molecule has 15 heavy (non-hydrogen) atoms. The Balaban J connectivity index is 2.11. The number of ether oxygens (including phenoxy) is 2. The van der Waals surface area contributed by atoms with Crippen LogP contribution in [0.5, 0.6) is 0 Å². The van der Waals surface area contributed by atoms with Crippen LogP contribution in [-0.2, 0) is 9.47 Å². The van der Waals surface area contributed by atoms with Gasteiger partial charge >= 0.3 is 5.97 Å². The molecule has 0 atom stereocenters. The van der Waals surface area contributed by atoms with Gasteiger partial charge in [0.2, 0.25) is 0 Å². The Bertz CT molecular complexity index is 380. The topological polar surface area (TPSA) is 35.5 Å². The molecule has 0 spiro atoms. The maximum atomic E-state index is 11.8. The van der Waals surface area contributed by atoms with Crippen molar-refractivity contribution in [3.05, 3.63) is 35.4 Å². The van der Waals surface area contributed by atoms with Crippen LogP contribution >= 0.6 is 0 Å². The zero-order valence-electron chi connectivity index (χ0n) is 8.95. The monoisotopic (exact) mass is 206 g/mol. The molecule has 1 aliphatic heterocycles. The van der Waals surface area contributed by atoms with Gasteiger partial charge in [-0.15, -0.1) is 0 Å². The van der Waals surface area contributed by atoms with Crippen molar-refractivity contribution < 1.29 is 14.3 Å². The fourth-order valence-corrected chi connectivity index (χ4v) is 1.53. The molecule has 0 aliphatic carbocycles. The van der Waals surface area contributed by atoms with Crippen molar-refractivity contribution in [2.24, 2.45) is 0 Å². The van der Waals surface area contributed by atoms with Crippen molar-refractivity contribution in [3.63, 3.8) is 0 Å². The Kier molecular flexibility index (Phi) is 2.49. The lowest BCUT2D eigenvalue weighted by Gasteiger charge is -2.37. The number of aryl methyl sites for hydroxylation is 1. The molecule has 1 aromatic carbocycles. The van der Waals surface area contributed by atoms with E-state index in [0.717, 1.165) is 5.56 Å². The van der Waals surface area contributed by atoms with Crippen LogP contribution in [0.15, 0.2) is 24.3 Å². The third-order valence-electron chi connectivity index (χ3n) is 2.52. The first-order valence-corrected chi connectivity index (χ1v) is 4.97. The van der Waals surface area contributed by atoms with Crippen LogP contribution in [0.2, 0.25) is 0 Å². The van der Waals surface area contributed by atoms with Gasteiger partial charge < -0.3 is 9.47 Å². The number of rotatable bonds is 2. The van der Waals surface area contributed by atoms with Crippen molar-refractivity contribution in [2.45, 2.75) is 19.4 Å². The first-order valence-electron chi connectivity index (χ1n) is 4.97. The van der Waals surface area contributed by atoms with E-state index >= 15 is 0 Å². The van der Waals surface area contributed by atoms with Crippen molar-refractivity contribution in [3.8, 4) is 0 Å². The number of carbonyl (C=O) groups excluding carboxylic acids is 1. The summed E-state index contributed by atoms with van der Waals surface area (Å²) in [5, 5.41) is 0. The molecule has 1 saturated heterocycles. The van der Waals surface area contributed by atoms with E-state index in [1.54, 1.807) is 6.07 Å². The van der Waals surface area contributed by atoms with Crippen molar-refractivity contribution in [1.82, 2.24) is 0 Å². The SMILES string of the molecule is Cc1ccccc1C(=O)OC1(C)COC1. The van der Waals surface area contributed by atoms with Crippen LogP contribution in [0.25, 0.3) is 0 Å². The van der Waals surface area contributed by atoms with Gasteiger partial charge in [0, 0.05) is 0 Å². The molecule has 0 amide bonds. The van der Waals surface area contributed by atoms with E-state index < -0.39 is 5.60 Å². The number of hydrogen-bond acceptors (Lipinski definition) is 3. The molecule has 80 valence electrons. The van der Waals surface area contributed by atoms with Crippen LogP contribution in [0, 0.1) is 6.92 Å². The van der Waals surface area contributed by atoms with Gasteiger partial charge in [-0.25, -0.2) is 4.79 Å². The summed E-state index contributed by atoms with van der Waals surface area (Å²) < 4.78 is 10.4. The molecule has 0 aromatic heterocycles. The van der Waals surface area contributed by atoms with E-state index in [-0.39, 0.29) is 5.97 Å². The third-order valence-corrected chi connectivity index (χ3v) is 2.52. The molecule has 1 fully saturated rings. The first kappa shape index (κ1) is 10.2. The highest BCUT2D eigenvalue weighted by molar-refractivity contribution is 5.91. The second-order valence-electron chi connectivity index (χ2n) is 4.15. The van der Waals surface area contributed by atoms with E-state index in [4.69, 9.17) is 9.47 Å². The number of esters is 1. The highest BCUT2D eigenvalue weighted by Crippen LogP contribution is 2.23. The highest BCUT2D eigenvalue weighted by Gasteiger charge is 2.37. The smallest absolute Gasteiger partial charge is 0.339 e. The zero-order chi connectivity index (χ0) is 10.9. The lowest BCUT2D eigenvalue weighted by atomic mass is 10.0. The molecule has 0 radical (unpaired) electrons. The lowest BCUT2D eigenvalue weighted by molar-refractivity contribution is -0.169. The average Bonchev–Trinajstić information content (AvgIpc) is 2.16. The van der Waals surface area contributed by atoms with Gasteiger partial charge in [-0.05, 0) is 25.5 Å². The summed E-state index contributed by atoms with van der Waals surface area (Å²) in [4.78, 5) is 11.8. The van der Waals surface area contributed by atoms with Gasteiger partial charge in [0.25, 0.3) is 0 Å². The van der Waals surface area contributed by atoms with Gasteiger partial charge in [-0.1, -0.05) is 18.2 Å². The van der Waals surface area contributed by atoms with E-state index in [1.165, 1.54) is 0 Å². The van der Waals surface area contributed by atoms with Gasteiger partial charge in [0.15, 0.2) is 5.60 Å². The van der Waals surface area contributed by atoms with Gasteiger partial charge in [0.05, 0.1) is 18.8 Å². The lowest BCUT2D eigenvalue weighted by Crippen LogP contribution is -2.50. The molecule has 1 heterocycles. The molecule has 0 N–H and O–H groups in total.